The first-order valence-electron chi connectivity index (χ1n) is 6.03. The monoisotopic (exact) mass is 477 g/mol. The first-order chi connectivity index (χ1) is 10.1. The van der Waals surface area contributed by atoms with Crippen molar-refractivity contribution in [3.05, 3.63) is 73.6 Å². The van der Waals surface area contributed by atoms with Crippen LogP contribution in [0.1, 0.15) is 5.56 Å². The van der Waals surface area contributed by atoms with E-state index in [4.69, 9.17) is 0 Å². The normalized spacial score (nSPS) is 11.9. The van der Waals surface area contributed by atoms with Crippen LogP contribution in [-0.4, -0.2) is 34.8 Å². The molecular formula is C15H12BrNO2Se2. The van der Waals surface area contributed by atoms with Crippen LogP contribution in [0.5, 0.6) is 0 Å². The van der Waals surface area contributed by atoms with Crippen molar-refractivity contribution in [1.29, 1.82) is 0 Å². The second-order valence-electron chi connectivity index (χ2n) is 4.03. The minimum absolute atomic E-state index is 0.0927. The van der Waals surface area contributed by atoms with Gasteiger partial charge in [-0.15, -0.1) is 0 Å². The van der Waals surface area contributed by atoms with E-state index >= 15 is 0 Å². The van der Waals surface area contributed by atoms with Gasteiger partial charge in [0.05, 0.1) is 0 Å². The molecular weight excluding hydrogens is 464 g/mol. The van der Waals surface area contributed by atoms with Crippen molar-refractivity contribution in [2.45, 2.75) is 5.82 Å². The van der Waals surface area contributed by atoms with Crippen molar-refractivity contribution in [2.24, 2.45) is 0 Å². The minimum atomic E-state index is -0.341. The van der Waals surface area contributed by atoms with Crippen LogP contribution >= 0.6 is 15.9 Å². The number of hydrogen-bond acceptors (Lipinski definition) is 2. The van der Waals surface area contributed by atoms with E-state index < -0.39 is 0 Å². The molecule has 0 N–H and O–H groups in total. The standard InChI is InChI=1S/C15H12BrNO2Se2/c1-20-15(14(16)11-6-3-2-4-7-11)21-13-9-5-8-12(10-13)17(18)19/h2-10H,1H3/b15-14+. The van der Waals surface area contributed by atoms with Crippen LogP contribution in [0, 0.1) is 10.1 Å². The van der Waals surface area contributed by atoms with Crippen LogP contribution in [0.25, 0.3) is 4.48 Å². The van der Waals surface area contributed by atoms with E-state index in [0.29, 0.717) is 15.0 Å². The van der Waals surface area contributed by atoms with Crippen molar-refractivity contribution in [2.75, 3.05) is 0 Å². The van der Waals surface area contributed by atoms with Crippen molar-refractivity contribution in [3.63, 3.8) is 0 Å². The molecule has 0 unspecified atom stereocenters. The van der Waals surface area contributed by atoms with Gasteiger partial charge < -0.3 is 0 Å². The maximum atomic E-state index is 10.9. The Labute approximate surface area is 144 Å². The number of hydrogen-bond donors (Lipinski definition) is 0. The molecule has 3 nitrogen and oxygen atoms in total. The Morgan fingerprint density at radius 1 is 1.14 bits per heavy atom. The molecule has 21 heavy (non-hydrogen) atoms. The van der Waals surface area contributed by atoms with E-state index in [2.05, 4.69) is 33.9 Å². The van der Waals surface area contributed by atoms with Gasteiger partial charge in [-0.3, -0.25) is 0 Å². The Kier molecular flexibility index (Phi) is 6.21. The van der Waals surface area contributed by atoms with Crippen LogP contribution in [0.15, 0.2) is 58.0 Å². The summed E-state index contributed by atoms with van der Waals surface area (Å²) in [5.74, 6) is 2.17. The van der Waals surface area contributed by atoms with Crippen LogP contribution in [0.2, 0.25) is 5.82 Å². The number of nitrogens with zero attached hydrogens (tertiary/aromatic N) is 1. The fraction of sp³-hybridized carbons (Fsp3) is 0.0667. The summed E-state index contributed by atoms with van der Waals surface area (Å²) in [4.78, 5) is 10.5. The van der Waals surface area contributed by atoms with Gasteiger partial charge in [0.2, 0.25) is 0 Å². The molecule has 2 aromatic rings. The van der Waals surface area contributed by atoms with Gasteiger partial charge >= 0.3 is 145 Å². The van der Waals surface area contributed by atoms with Crippen molar-refractivity contribution >= 4 is 60.5 Å². The molecule has 2 aromatic carbocycles. The zero-order valence-electron chi connectivity index (χ0n) is 11.2. The van der Waals surface area contributed by atoms with Crippen molar-refractivity contribution < 1.29 is 4.92 Å². The van der Waals surface area contributed by atoms with Gasteiger partial charge in [-0.05, 0) is 0 Å². The number of non-ortho nitro benzene ring substituents is 1. The third-order valence-electron chi connectivity index (χ3n) is 2.63. The van der Waals surface area contributed by atoms with E-state index in [9.17, 15) is 10.1 Å². The van der Waals surface area contributed by atoms with Crippen LogP contribution in [-0.2, 0) is 0 Å². The number of benzene rings is 2. The topological polar surface area (TPSA) is 43.1 Å². The molecule has 0 bridgehead atoms. The first kappa shape index (κ1) is 16.5. The summed E-state index contributed by atoms with van der Waals surface area (Å²) >= 11 is 4.13. The predicted octanol–water partition coefficient (Wildman–Crippen LogP) is 3.40. The van der Waals surface area contributed by atoms with Crippen LogP contribution < -0.4 is 4.46 Å². The molecule has 0 spiro atoms. The van der Waals surface area contributed by atoms with Gasteiger partial charge in [0.1, 0.15) is 0 Å². The first-order valence-corrected chi connectivity index (χ1v) is 11.1. The third kappa shape index (κ3) is 4.53. The Balaban J connectivity index is 2.31. The molecule has 0 aliphatic rings. The Bertz CT molecular complexity index is 674. The summed E-state index contributed by atoms with van der Waals surface area (Å²) in [5.41, 5.74) is 1.32. The van der Waals surface area contributed by atoms with Gasteiger partial charge in [0, 0.05) is 0 Å². The zero-order valence-corrected chi connectivity index (χ0v) is 16.2. The molecule has 0 aliphatic heterocycles. The summed E-state index contributed by atoms with van der Waals surface area (Å²) in [6.07, 6.45) is 0. The molecule has 0 fully saturated rings. The van der Waals surface area contributed by atoms with E-state index in [1.165, 1.54) is 9.44 Å². The number of rotatable bonds is 5. The average molecular weight is 476 g/mol. The molecule has 2 rings (SSSR count). The average Bonchev–Trinajstić information content (AvgIpc) is 2.53. The quantitative estimate of drug-likeness (QED) is 0.378. The summed E-state index contributed by atoms with van der Waals surface area (Å²) in [7, 11) is 0. The molecule has 0 saturated heterocycles. The number of nitro groups is 1. The summed E-state index contributed by atoms with van der Waals surface area (Å²) in [6, 6.07) is 17.1. The maximum absolute atomic E-state index is 10.9. The Morgan fingerprint density at radius 2 is 1.86 bits per heavy atom. The number of nitro benzene ring substituents is 1. The molecule has 0 aliphatic carbocycles. The molecule has 6 heteroatoms. The fourth-order valence-electron chi connectivity index (χ4n) is 1.65. The van der Waals surface area contributed by atoms with Crippen molar-refractivity contribution in [3.8, 4) is 0 Å². The Morgan fingerprint density at radius 3 is 2.48 bits per heavy atom. The molecule has 0 radical (unpaired) electrons. The Hall–Kier alpha value is -0.901. The van der Waals surface area contributed by atoms with E-state index in [-0.39, 0.29) is 25.6 Å². The van der Waals surface area contributed by atoms with E-state index in [1.807, 2.05) is 24.3 Å². The molecule has 0 heterocycles. The van der Waals surface area contributed by atoms with Crippen LogP contribution in [0.4, 0.5) is 5.69 Å². The fourth-order valence-corrected chi connectivity index (χ4v) is 7.50. The molecule has 108 valence electrons. The van der Waals surface area contributed by atoms with E-state index in [1.54, 1.807) is 12.1 Å². The predicted molar refractivity (Wildman–Crippen MR) is 92.4 cm³/mol. The van der Waals surface area contributed by atoms with E-state index in [0.717, 1.165) is 14.5 Å². The second kappa shape index (κ2) is 7.92. The van der Waals surface area contributed by atoms with Crippen LogP contribution in [0.3, 0.4) is 0 Å². The molecule has 0 amide bonds. The van der Waals surface area contributed by atoms with Crippen molar-refractivity contribution in [1.82, 2.24) is 0 Å². The van der Waals surface area contributed by atoms with Gasteiger partial charge in [0.15, 0.2) is 0 Å². The summed E-state index contributed by atoms with van der Waals surface area (Å²) in [6.45, 7) is 0. The van der Waals surface area contributed by atoms with Gasteiger partial charge in [0.25, 0.3) is 0 Å². The second-order valence-corrected chi connectivity index (χ2v) is 10.1. The molecule has 0 atom stereocenters. The van der Waals surface area contributed by atoms with Gasteiger partial charge in [-0.25, -0.2) is 0 Å². The number of halogens is 1. The van der Waals surface area contributed by atoms with Gasteiger partial charge in [-0.2, -0.15) is 0 Å². The third-order valence-corrected chi connectivity index (χ3v) is 10.4. The SMILES string of the molecule is C[Se]/C([Se]c1cccc([N+](=O)[O-])c1)=C(\Br)c1ccccc1. The summed E-state index contributed by atoms with van der Waals surface area (Å²) < 4.78 is 3.50. The van der Waals surface area contributed by atoms with Gasteiger partial charge in [-0.1, -0.05) is 0 Å². The molecule has 0 saturated carbocycles. The molecule has 0 aromatic heterocycles. The summed E-state index contributed by atoms with van der Waals surface area (Å²) in [5, 5.41) is 10.9. The zero-order chi connectivity index (χ0) is 15.2.